The molecular weight excluding hydrogens is 480 g/mol. The van der Waals surface area contributed by atoms with Crippen molar-refractivity contribution < 1.29 is 27.5 Å². The molecular formula is C24H23ClN2O6S. The zero-order chi connectivity index (χ0) is 24.7. The third kappa shape index (κ3) is 5.93. The molecule has 0 radical (unpaired) electrons. The highest BCUT2D eigenvalue weighted by molar-refractivity contribution is 7.89. The molecule has 0 heterocycles. The summed E-state index contributed by atoms with van der Waals surface area (Å²) in [5.74, 6) is -0.930. The van der Waals surface area contributed by atoms with E-state index in [1.807, 2.05) is 6.07 Å². The third-order valence-electron chi connectivity index (χ3n) is 4.89. The smallest absolute Gasteiger partial charge is 0.339 e. The molecule has 0 aliphatic rings. The van der Waals surface area contributed by atoms with Gasteiger partial charge in [-0.2, -0.15) is 4.31 Å². The summed E-state index contributed by atoms with van der Waals surface area (Å²) in [6, 6.07) is 19.3. The molecule has 3 rings (SSSR count). The highest BCUT2D eigenvalue weighted by Crippen LogP contribution is 2.29. The Morgan fingerprint density at radius 2 is 1.65 bits per heavy atom. The number of amides is 1. The molecule has 1 amide bonds. The van der Waals surface area contributed by atoms with E-state index in [1.165, 1.54) is 44.6 Å². The molecule has 0 unspecified atom stereocenters. The number of nitrogens with one attached hydrogen (secondary N) is 1. The van der Waals surface area contributed by atoms with E-state index in [2.05, 4.69) is 5.32 Å². The van der Waals surface area contributed by atoms with Gasteiger partial charge < -0.3 is 14.8 Å². The first-order chi connectivity index (χ1) is 16.3. The zero-order valence-electron chi connectivity index (χ0n) is 18.5. The minimum absolute atomic E-state index is 0.0567. The fourth-order valence-electron chi connectivity index (χ4n) is 3.20. The molecule has 0 aliphatic heterocycles. The standard InChI is InChI=1S/C24H23ClN2O6S/c1-32-22-13-12-18(14-20(22)25)34(30,31)27(15-17-8-4-3-5-9-17)16-23(28)26-21-11-7-6-10-19(21)24(29)33-2/h3-14H,15-16H2,1-2H3,(H,26,28). The second kappa shape index (κ2) is 11.1. The van der Waals surface area contributed by atoms with Gasteiger partial charge in [-0.05, 0) is 35.9 Å². The monoisotopic (exact) mass is 502 g/mol. The average Bonchev–Trinajstić information content (AvgIpc) is 2.84. The Labute approximate surface area is 203 Å². The summed E-state index contributed by atoms with van der Waals surface area (Å²) in [4.78, 5) is 24.8. The Balaban J connectivity index is 1.92. The van der Waals surface area contributed by atoms with Crippen molar-refractivity contribution in [1.29, 1.82) is 0 Å². The molecule has 3 aromatic carbocycles. The van der Waals surface area contributed by atoms with Crippen LogP contribution in [0.25, 0.3) is 0 Å². The van der Waals surface area contributed by atoms with Gasteiger partial charge in [0.15, 0.2) is 0 Å². The highest BCUT2D eigenvalue weighted by atomic mass is 35.5. The predicted molar refractivity (Wildman–Crippen MR) is 128 cm³/mol. The number of sulfonamides is 1. The van der Waals surface area contributed by atoms with Gasteiger partial charge in [-0.1, -0.05) is 54.1 Å². The van der Waals surface area contributed by atoms with Crippen molar-refractivity contribution in [2.75, 3.05) is 26.1 Å². The number of rotatable bonds is 9. The second-order valence-corrected chi connectivity index (χ2v) is 9.49. The number of hydrogen-bond donors (Lipinski definition) is 1. The first-order valence-electron chi connectivity index (χ1n) is 10.1. The second-order valence-electron chi connectivity index (χ2n) is 7.14. The van der Waals surface area contributed by atoms with Crippen LogP contribution < -0.4 is 10.1 Å². The topological polar surface area (TPSA) is 102 Å². The fraction of sp³-hybridized carbons (Fsp3) is 0.167. The lowest BCUT2D eigenvalue weighted by atomic mass is 10.2. The molecule has 0 saturated carbocycles. The zero-order valence-corrected chi connectivity index (χ0v) is 20.1. The number of hydrogen-bond acceptors (Lipinski definition) is 6. The van der Waals surface area contributed by atoms with Gasteiger partial charge in [0.1, 0.15) is 5.75 Å². The lowest BCUT2D eigenvalue weighted by Crippen LogP contribution is -2.37. The summed E-state index contributed by atoms with van der Waals surface area (Å²) in [5, 5.41) is 2.73. The Bertz CT molecular complexity index is 1280. The summed E-state index contributed by atoms with van der Waals surface area (Å²) < 4.78 is 37.8. The molecule has 0 bridgehead atoms. The number of methoxy groups -OCH3 is 2. The maximum absolute atomic E-state index is 13.5. The normalized spacial score (nSPS) is 11.2. The summed E-state index contributed by atoms with van der Waals surface area (Å²) in [6.07, 6.45) is 0. The van der Waals surface area contributed by atoms with Crippen LogP contribution in [0.1, 0.15) is 15.9 Å². The molecule has 0 fully saturated rings. The van der Waals surface area contributed by atoms with Crippen molar-refractivity contribution in [2.24, 2.45) is 0 Å². The fourth-order valence-corrected chi connectivity index (χ4v) is 4.93. The van der Waals surface area contributed by atoms with E-state index in [9.17, 15) is 18.0 Å². The van der Waals surface area contributed by atoms with Crippen molar-refractivity contribution in [3.63, 3.8) is 0 Å². The molecule has 178 valence electrons. The third-order valence-corrected chi connectivity index (χ3v) is 6.97. The van der Waals surface area contributed by atoms with E-state index in [0.717, 1.165) is 4.31 Å². The maximum atomic E-state index is 13.5. The van der Waals surface area contributed by atoms with Crippen LogP contribution in [0.15, 0.2) is 77.7 Å². The van der Waals surface area contributed by atoms with Crippen molar-refractivity contribution >= 4 is 39.2 Å². The van der Waals surface area contributed by atoms with Crippen LogP contribution in [-0.4, -0.2) is 45.4 Å². The van der Waals surface area contributed by atoms with Crippen LogP contribution in [0.2, 0.25) is 5.02 Å². The number of carbonyl (C=O) groups excluding carboxylic acids is 2. The Kier molecular flexibility index (Phi) is 8.27. The van der Waals surface area contributed by atoms with E-state index in [-0.39, 0.29) is 27.7 Å². The molecule has 0 spiro atoms. The number of halogens is 1. The van der Waals surface area contributed by atoms with Gasteiger partial charge in [-0.15, -0.1) is 0 Å². The van der Waals surface area contributed by atoms with Crippen molar-refractivity contribution in [3.05, 3.63) is 88.9 Å². The average molecular weight is 503 g/mol. The van der Waals surface area contributed by atoms with Crippen molar-refractivity contribution in [3.8, 4) is 5.75 Å². The van der Waals surface area contributed by atoms with Crippen LogP contribution in [-0.2, 0) is 26.1 Å². The highest BCUT2D eigenvalue weighted by Gasteiger charge is 2.28. The van der Waals surface area contributed by atoms with E-state index in [1.54, 1.807) is 36.4 Å². The van der Waals surface area contributed by atoms with Gasteiger partial charge in [-0.25, -0.2) is 13.2 Å². The first-order valence-corrected chi connectivity index (χ1v) is 11.9. The van der Waals surface area contributed by atoms with Crippen LogP contribution in [0.3, 0.4) is 0 Å². The number of nitrogens with zero attached hydrogens (tertiary/aromatic N) is 1. The molecule has 0 aliphatic carbocycles. The van der Waals surface area contributed by atoms with E-state index in [0.29, 0.717) is 11.3 Å². The number of carbonyl (C=O) groups is 2. The lowest BCUT2D eigenvalue weighted by Gasteiger charge is -2.22. The molecule has 8 nitrogen and oxygen atoms in total. The predicted octanol–water partition coefficient (Wildman–Crippen LogP) is 3.96. The van der Waals surface area contributed by atoms with Crippen molar-refractivity contribution in [1.82, 2.24) is 4.31 Å². The van der Waals surface area contributed by atoms with Crippen LogP contribution in [0.5, 0.6) is 5.75 Å². The van der Waals surface area contributed by atoms with Gasteiger partial charge in [0, 0.05) is 6.54 Å². The van der Waals surface area contributed by atoms with Crippen LogP contribution in [0.4, 0.5) is 5.69 Å². The number of para-hydroxylation sites is 1. The Morgan fingerprint density at radius 3 is 2.29 bits per heavy atom. The van der Waals surface area contributed by atoms with E-state index in [4.69, 9.17) is 21.1 Å². The molecule has 10 heteroatoms. The number of esters is 1. The van der Waals surface area contributed by atoms with Crippen LogP contribution in [0, 0.1) is 0 Å². The van der Waals surface area contributed by atoms with Gasteiger partial charge in [0.2, 0.25) is 15.9 Å². The van der Waals surface area contributed by atoms with E-state index < -0.39 is 28.4 Å². The minimum Gasteiger partial charge on any atom is -0.495 e. The Morgan fingerprint density at radius 1 is 0.971 bits per heavy atom. The molecule has 34 heavy (non-hydrogen) atoms. The van der Waals surface area contributed by atoms with Gasteiger partial charge in [0.05, 0.1) is 41.9 Å². The Hall–Kier alpha value is -3.40. The lowest BCUT2D eigenvalue weighted by molar-refractivity contribution is -0.116. The molecule has 1 N–H and O–H groups in total. The van der Waals surface area contributed by atoms with Gasteiger partial charge in [0.25, 0.3) is 0 Å². The van der Waals surface area contributed by atoms with Crippen molar-refractivity contribution in [2.45, 2.75) is 11.4 Å². The summed E-state index contributed by atoms with van der Waals surface area (Å²) in [7, 11) is -1.47. The maximum Gasteiger partial charge on any atom is 0.339 e. The summed E-state index contributed by atoms with van der Waals surface area (Å²) in [6.45, 7) is -0.560. The number of ether oxygens (including phenoxy) is 2. The molecule has 0 atom stereocenters. The van der Waals surface area contributed by atoms with E-state index >= 15 is 0 Å². The quantitative estimate of drug-likeness (QED) is 0.444. The molecule has 3 aromatic rings. The molecule has 0 saturated heterocycles. The SMILES string of the molecule is COC(=O)c1ccccc1NC(=O)CN(Cc1ccccc1)S(=O)(=O)c1ccc(OC)c(Cl)c1. The van der Waals surface area contributed by atoms with Crippen LogP contribution >= 0.6 is 11.6 Å². The largest absolute Gasteiger partial charge is 0.495 e. The molecule has 0 aromatic heterocycles. The summed E-state index contributed by atoms with van der Waals surface area (Å²) in [5.41, 5.74) is 1.05. The van der Waals surface area contributed by atoms with Gasteiger partial charge in [-0.3, -0.25) is 4.79 Å². The number of benzene rings is 3. The van der Waals surface area contributed by atoms with Gasteiger partial charge >= 0.3 is 5.97 Å². The minimum atomic E-state index is -4.12. The number of anilines is 1. The summed E-state index contributed by atoms with van der Waals surface area (Å²) >= 11 is 6.14. The first kappa shape index (κ1) is 25.2.